The van der Waals surface area contributed by atoms with Gasteiger partial charge in [-0.1, -0.05) is 29.8 Å². The van der Waals surface area contributed by atoms with E-state index in [1.165, 1.54) is 56.9 Å². The van der Waals surface area contributed by atoms with Gasteiger partial charge in [0.25, 0.3) is 0 Å². The van der Waals surface area contributed by atoms with Gasteiger partial charge in [0.15, 0.2) is 0 Å². The molecule has 2 aliphatic rings. The molecule has 0 radical (unpaired) electrons. The van der Waals surface area contributed by atoms with Crippen LogP contribution in [0.15, 0.2) is 29.8 Å². The highest BCUT2D eigenvalue weighted by Crippen LogP contribution is 2.44. The molecule has 0 amide bonds. The normalized spacial score (nSPS) is 32.3. The smallest absolute Gasteiger partial charge is 0.126 e. The average Bonchev–Trinajstić information content (AvgIpc) is 2.59. The summed E-state index contributed by atoms with van der Waals surface area (Å²) in [6.07, 6.45) is 12.6. The van der Waals surface area contributed by atoms with Crippen LogP contribution < -0.4 is 0 Å². The molecule has 3 rings (SSSR count). The molecule has 0 aliphatic heterocycles. The minimum absolute atomic E-state index is 0.0460. The van der Waals surface area contributed by atoms with Crippen LogP contribution in [-0.4, -0.2) is 0 Å². The highest BCUT2D eigenvalue weighted by Gasteiger charge is 2.30. The van der Waals surface area contributed by atoms with E-state index >= 15 is 0 Å². The van der Waals surface area contributed by atoms with Crippen molar-refractivity contribution in [2.45, 2.75) is 64.2 Å². The van der Waals surface area contributed by atoms with Gasteiger partial charge in [-0.05, 0) is 99.2 Å². The van der Waals surface area contributed by atoms with Crippen LogP contribution in [0.25, 0.3) is 0 Å². The number of hydrogen-bond acceptors (Lipinski definition) is 0. The monoisotopic (exact) mass is 334 g/mol. The van der Waals surface area contributed by atoms with Gasteiger partial charge in [-0.15, -0.1) is 0 Å². The van der Waals surface area contributed by atoms with Crippen molar-refractivity contribution < 1.29 is 4.39 Å². The van der Waals surface area contributed by atoms with E-state index in [4.69, 9.17) is 11.6 Å². The molecule has 0 aromatic heterocycles. The lowest BCUT2D eigenvalue weighted by Gasteiger charge is -2.37. The fraction of sp³-hybridized carbons (Fsp3) is 0.619. The second-order valence-electron chi connectivity index (χ2n) is 7.61. The van der Waals surface area contributed by atoms with Crippen molar-refractivity contribution >= 4 is 11.6 Å². The van der Waals surface area contributed by atoms with Gasteiger partial charge >= 0.3 is 0 Å². The number of halogens is 2. The zero-order valence-electron chi connectivity index (χ0n) is 14.1. The summed E-state index contributed by atoms with van der Waals surface area (Å²) in [5.74, 6) is 3.02. The Kier molecular flexibility index (Phi) is 5.80. The first-order valence-electron chi connectivity index (χ1n) is 9.20. The lowest BCUT2D eigenvalue weighted by atomic mass is 9.68. The van der Waals surface area contributed by atoms with E-state index < -0.39 is 0 Å². The summed E-state index contributed by atoms with van der Waals surface area (Å²) in [5, 5.41) is 0. The fourth-order valence-electron chi connectivity index (χ4n) is 4.70. The Morgan fingerprint density at radius 3 is 2.13 bits per heavy atom. The van der Waals surface area contributed by atoms with Crippen molar-refractivity contribution in [2.75, 3.05) is 0 Å². The Bertz CT molecular complexity index is 535. The maximum atomic E-state index is 13.8. The van der Waals surface area contributed by atoms with Gasteiger partial charge in [-0.2, -0.15) is 0 Å². The predicted octanol–water partition coefficient (Wildman–Crippen LogP) is 6.97. The Balaban J connectivity index is 1.51. The van der Waals surface area contributed by atoms with Gasteiger partial charge in [0, 0.05) is 5.54 Å². The van der Waals surface area contributed by atoms with Crippen LogP contribution in [0.5, 0.6) is 0 Å². The zero-order valence-corrected chi connectivity index (χ0v) is 14.9. The third-order valence-corrected chi connectivity index (χ3v) is 6.41. The van der Waals surface area contributed by atoms with Crippen LogP contribution in [0.3, 0.4) is 0 Å². The molecule has 0 spiro atoms. The molecule has 0 atom stereocenters. The molecule has 0 N–H and O–H groups in total. The molecule has 2 saturated carbocycles. The number of benzene rings is 1. The molecule has 1 aromatic rings. The standard InChI is InChI=1S/C21H28ClF/c1-15-2-5-20(14-21(15)23)19-10-8-18(9-11-19)17-6-3-16(4-7-17)12-13-22/h2,5,12-14,16-19H,3-4,6-11H2,1H3/b13-12+. The molecule has 2 aliphatic carbocycles. The molecule has 0 heterocycles. The molecular formula is C21H28ClF. The summed E-state index contributed by atoms with van der Waals surface area (Å²) in [5.41, 5.74) is 3.66. The number of hydrogen-bond donors (Lipinski definition) is 0. The molecule has 1 aromatic carbocycles. The first-order chi connectivity index (χ1) is 11.2. The average molecular weight is 335 g/mol. The first-order valence-corrected chi connectivity index (χ1v) is 9.64. The van der Waals surface area contributed by atoms with Gasteiger partial charge in [-0.3, -0.25) is 0 Å². The van der Waals surface area contributed by atoms with Crippen molar-refractivity contribution in [1.82, 2.24) is 0 Å². The van der Waals surface area contributed by atoms with Crippen molar-refractivity contribution in [1.29, 1.82) is 0 Å². The molecule has 0 nitrogen and oxygen atoms in total. The minimum atomic E-state index is -0.0460. The van der Waals surface area contributed by atoms with Gasteiger partial charge in [-0.25, -0.2) is 4.39 Å². The quantitative estimate of drug-likeness (QED) is 0.560. The van der Waals surface area contributed by atoms with Gasteiger partial charge in [0.1, 0.15) is 5.82 Å². The third kappa shape index (κ3) is 4.18. The van der Waals surface area contributed by atoms with E-state index in [-0.39, 0.29) is 5.82 Å². The van der Waals surface area contributed by atoms with E-state index in [1.54, 1.807) is 11.6 Å². The summed E-state index contributed by atoms with van der Waals surface area (Å²) in [4.78, 5) is 0. The van der Waals surface area contributed by atoms with Crippen LogP contribution in [0.2, 0.25) is 0 Å². The summed E-state index contributed by atoms with van der Waals surface area (Å²) < 4.78 is 13.8. The molecule has 0 bridgehead atoms. The molecule has 23 heavy (non-hydrogen) atoms. The zero-order chi connectivity index (χ0) is 16.2. The summed E-state index contributed by atoms with van der Waals surface area (Å²) in [7, 11) is 0. The molecule has 126 valence electrons. The highest BCUT2D eigenvalue weighted by molar-refractivity contribution is 6.25. The fourth-order valence-corrected chi connectivity index (χ4v) is 4.90. The van der Waals surface area contributed by atoms with Crippen molar-refractivity contribution in [3.63, 3.8) is 0 Å². The summed E-state index contributed by atoms with van der Waals surface area (Å²) in [6.45, 7) is 1.84. The van der Waals surface area contributed by atoms with E-state index in [1.807, 2.05) is 13.0 Å². The van der Waals surface area contributed by atoms with E-state index in [0.29, 0.717) is 11.8 Å². The third-order valence-electron chi connectivity index (χ3n) is 6.27. The SMILES string of the molecule is Cc1ccc(C2CCC(C3CCC(/C=C/Cl)CC3)CC2)cc1F. The van der Waals surface area contributed by atoms with Crippen LogP contribution >= 0.6 is 11.6 Å². The van der Waals surface area contributed by atoms with Gasteiger partial charge in [0.2, 0.25) is 0 Å². The Hall–Kier alpha value is -0.820. The second kappa shape index (κ2) is 7.83. The largest absolute Gasteiger partial charge is 0.207 e. The molecule has 2 heteroatoms. The molecule has 0 unspecified atom stereocenters. The summed E-state index contributed by atoms with van der Waals surface area (Å²) >= 11 is 5.71. The van der Waals surface area contributed by atoms with E-state index in [0.717, 1.165) is 17.4 Å². The van der Waals surface area contributed by atoms with Crippen LogP contribution in [0.1, 0.15) is 68.4 Å². The van der Waals surface area contributed by atoms with Crippen LogP contribution in [0, 0.1) is 30.5 Å². The van der Waals surface area contributed by atoms with Crippen molar-refractivity contribution in [3.05, 3.63) is 46.8 Å². The Morgan fingerprint density at radius 1 is 0.957 bits per heavy atom. The minimum Gasteiger partial charge on any atom is -0.207 e. The molecule has 0 saturated heterocycles. The Morgan fingerprint density at radius 2 is 1.57 bits per heavy atom. The number of aryl methyl sites for hydroxylation is 1. The van der Waals surface area contributed by atoms with Gasteiger partial charge in [0.05, 0.1) is 0 Å². The lowest BCUT2D eigenvalue weighted by Crippen LogP contribution is -2.25. The van der Waals surface area contributed by atoms with Crippen molar-refractivity contribution in [2.24, 2.45) is 17.8 Å². The maximum Gasteiger partial charge on any atom is 0.126 e. The summed E-state index contributed by atoms with van der Waals surface area (Å²) in [6, 6.07) is 5.83. The highest BCUT2D eigenvalue weighted by atomic mass is 35.5. The lowest BCUT2D eigenvalue weighted by molar-refractivity contribution is 0.171. The first kappa shape index (κ1) is 17.0. The van der Waals surface area contributed by atoms with Crippen LogP contribution in [0.4, 0.5) is 4.39 Å². The van der Waals surface area contributed by atoms with E-state index in [9.17, 15) is 4.39 Å². The van der Waals surface area contributed by atoms with Crippen LogP contribution in [-0.2, 0) is 0 Å². The number of allylic oxidation sites excluding steroid dienone is 1. The van der Waals surface area contributed by atoms with E-state index in [2.05, 4.69) is 12.1 Å². The Labute approximate surface area is 145 Å². The number of rotatable bonds is 3. The van der Waals surface area contributed by atoms with Gasteiger partial charge < -0.3 is 0 Å². The maximum absolute atomic E-state index is 13.8. The van der Waals surface area contributed by atoms with Crippen molar-refractivity contribution in [3.8, 4) is 0 Å². The second-order valence-corrected chi connectivity index (χ2v) is 7.87. The topological polar surface area (TPSA) is 0 Å². The molecular weight excluding hydrogens is 307 g/mol. The predicted molar refractivity (Wildman–Crippen MR) is 96.3 cm³/mol. The molecule has 2 fully saturated rings.